The van der Waals surface area contributed by atoms with Gasteiger partial charge >= 0.3 is 0 Å². The highest BCUT2D eigenvalue weighted by molar-refractivity contribution is 6.33. The zero-order valence-corrected chi connectivity index (χ0v) is 9.22. The molecule has 1 fully saturated rings. The van der Waals surface area contributed by atoms with Crippen LogP contribution in [0, 0.1) is 5.41 Å². The second-order valence-electron chi connectivity index (χ2n) is 4.21. The molecule has 1 aromatic carbocycles. The van der Waals surface area contributed by atoms with Gasteiger partial charge in [0.1, 0.15) is 0 Å². The van der Waals surface area contributed by atoms with Crippen molar-refractivity contribution in [2.75, 3.05) is 24.2 Å². The summed E-state index contributed by atoms with van der Waals surface area (Å²) in [5.74, 6) is 0. The second kappa shape index (κ2) is 3.91. The number of nitrogens with two attached hydrogens (primary N) is 1. The molecule has 0 amide bonds. The van der Waals surface area contributed by atoms with Gasteiger partial charge in [-0.25, -0.2) is 0 Å². The van der Waals surface area contributed by atoms with Gasteiger partial charge in [-0.3, -0.25) is 0 Å². The Bertz CT molecular complexity index is 364. The number of anilines is 2. The van der Waals surface area contributed by atoms with Crippen LogP contribution in [-0.2, 0) is 0 Å². The van der Waals surface area contributed by atoms with Gasteiger partial charge in [-0.15, -0.1) is 0 Å². The molecule has 3 nitrogen and oxygen atoms in total. The van der Waals surface area contributed by atoms with Gasteiger partial charge in [-0.1, -0.05) is 17.7 Å². The average Bonchev–Trinajstić information content (AvgIpc) is 3.01. The van der Waals surface area contributed by atoms with Gasteiger partial charge in [0.05, 0.1) is 23.0 Å². The fourth-order valence-corrected chi connectivity index (χ4v) is 1.72. The minimum atomic E-state index is 0.0781. The molecule has 1 saturated carbocycles. The predicted octanol–water partition coefficient (Wildman–Crippen LogP) is 2.11. The number of para-hydroxylation sites is 1. The van der Waals surface area contributed by atoms with Crippen molar-refractivity contribution in [1.82, 2.24) is 0 Å². The number of hydrogen-bond donors (Lipinski definition) is 3. The van der Waals surface area contributed by atoms with Gasteiger partial charge < -0.3 is 16.2 Å². The summed E-state index contributed by atoms with van der Waals surface area (Å²) in [6, 6.07) is 5.52. The molecule has 0 bridgehead atoms. The first-order valence-electron chi connectivity index (χ1n) is 5.06. The lowest BCUT2D eigenvalue weighted by Crippen LogP contribution is -2.19. The molecule has 0 radical (unpaired) electrons. The van der Waals surface area contributed by atoms with E-state index in [2.05, 4.69) is 5.32 Å². The number of aliphatic hydroxyl groups is 1. The van der Waals surface area contributed by atoms with Crippen LogP contribution in [0.5, 0.6) is 0 Å². The van der Waals surface area contributed by atoms with E-state index in [0.29, 0.717) is 10.7 Å². The van der Waals surface area contributed by atoms with Crippen molar-refractivity contribution < 1.29 is 5.11 Å². The van der Waals surface area contributed by atoms with Gasteiger partial charge in [0.25, 0.3) is 0 Å². The van der Waals surface area contributed by atoms with E-state index >= 15 is 0 Å². The summed E-state index contributed by atoms with van der Waals surface area (Å²) < 4.78 is 0. The van der Waals surface area contributed by atoms with Crippen LogP contribution < -0.4 is 11.1 Å². The summed E-state index contributed by atoms with van der Waals surface area (Å²) in [4.78, 5) is 0. The molecule has 0 heterocycles. The number of rotatable bonds is 4. The van der Waals surface area contributed by atoms with Gasteiger partial charge in [0, 0.05) is 12.0 Å². The van der Waals surface area contributed by atoms with Crippen LogP contribution in [0.4, 0.5) is 11.4 Å². The van der Waals surface area contributed by atoms with E-state index < -0.39 is 0 Å². The van der Waals surface area contributed by atoms with Crippen LogP contribution in [0.1, 0.15) is 12.8 Å². The standard InChI is InChI=1S/C11H15ClN2O/c12-8-2-1-3-9(10(8)13)14-6-11(7-15)4-5-11/h1-3,14-15H,4-7,13H2. The molecule has 4 N–H and O–H groups in total. The molecule has 82 valence electrons. The molecule has 0 atom stereocenters. The van der Waals surface area contributed by atoms with Crippen LogP contribution in [0.15, 0.2) is 18.2 Å². The van der Waals surface area contributed by atoms with Gasteiger partial charge in [-0.2, -0.15) is 0 Å². The molecule has 0 spiro atoms. The third kappa shape index (κ3) is 2.19. The molecule has 4 heteroatoms. The number of nitrogens with one attached hydrogen (secondary N) is 1. The molecule has 1 aliphatic rings. The molecule has 0 aliphatic heterocycles. The first kappa shape index (κ1) is 10.6. The minimum absolute atomic E-state index is 0.0781. The third-order valence-electron chi connectivity index (χ3n) is 3.00. The lowest BCUT2D eigenvalue weighted by atomic mass is 10.1. The maximum absolute atomic E-state index is 9.16. The SMILES string of the molecule is Nc1c(Cl)cccc1NCC1(CO)CC1. The van der Waals surface area contributed by atoms with E-state index in [9.17, 15) is 0 Å². The van der Waals surface area contributed by atoms with Gasteiger partial charge in [0.15, 0.2) is 0 Å². The normalized spacial score (nSPS) is 17.5. The fourth-order valence-electron chi connectivity index (χ4n) is 1.54. The first-order valence-corrected chi connectivity index (χ1v) is 5.43. The lowest BCUT2D eigenvalue weighted by molar-refractivity contribution is 0.220. The largest absolute Gasteiger partial charge is 0.396 e. The van der Waals surface area contributed by atoms with Crippen molar-refractivity contribution in [1.29, 1.82) is 0 Å². The number of benzene rings is 1. The van der Waals surface area contributed by atoms with E-state index in [1.807, 2.05) is 12.1 Å². The Kier molecular flexibility index (Phi) is 2.76. The van der Waals surface area contributed by atoms with E-state index in [1.54, 1.807) is 6.07 Å². The van der Waals surface area contributed by atoms with Crippen LogP contribution in [0.3, 0.4) is 0 Å². The number of hydrogen-bond acceptors (Lipinski definition) is 3. The minimum Gasteiger partial charge on any atom is -0.396 e. The molecule has 15 heavy (non-hydrogen) atoms. The quantitative estimate of drug-likeness (QED) is 0.690. The Morgan fingerprint density at radius 2 is 2.20 bits per heavy atom. The molecule has 0 unspecified atom stereocenters. The van der Waals surface area contributed by atoms with Crippen LogP contribution in [0.2, 0.25) is 5.02 Å². The molecular formula is C11H15ClN2O. The van der Waals surface area contributed by atoms with E-state index in [4.69, 9.17) is 22.4 Å². The van der Waals surface area contributed by atoms with Crippen molar-refractivity contribution in [3.8, 4) is 0 Å². The summed E-state index contributed by atoms with van der Waals surface area (Å²) in [6.45, 7) is 0.995. The second-order valence-corrected chi connectivity index (χ2v) is 4.62. The van der Waals surface area contributed by atoms with Gasteiger partial charge in [-0.05, 0) is 25.0 Å². The van der Waals surface area contributed by atoms with Crippen molar-refractivity contribution in [2.45, 2.75) is 12.8 Å². The first-order chi connectivity index (χ1) is 7.17. The van der Waals surface area contributed by atoms with Crippen molar-refractivity contribution in [2.24, 2.45) is 5.41 Å². The summed E-state index contributed by atoms with van der Waals surface area (Å²) >= 11 is 5.90. The third-order valence-corrected chi connectivity index (χ3v) is 3.33. The van der Waals surface area contributed by atoms with E-state index in [0.717, 1.165) is 25.1 Å². The zero-order chi connectivity index (χ0) is 10.9. The maximum atomic E-state index is 9.16. The lowest BCUT2D eigenvalue weighted by Gasteiger charge is -2.15. The predicted molar refractivity (Wildman–Crippen MR) is 63.1 cm³/mol. The topological polar surface area (TPSA) is 58.3 Å². The zero-order valence-electron chi connectivity index (χ0n) is 8.46. The molecule has 0 aromatic heterocycles. The Hall–Kier alpha value is -0.930. The molecule has 1 aliphatic carbocycles. The van der Waals surface area contributed by atoms with Crippen LogP contribution in [0.25, 0.3) is 0 Å². The van der Waals surface area contributed by atoms with Crippen molar-refractivity contribution in [3.63, 3.8) is 0 Å². The van der Waals surface area contributed by atoms with Crippen LogP contribution >= 0.6 is 11.6 Å². The Morgan fingerprint density at radius 1 is 1.47 bits per heavy atom. The Balaban J connectivity index is 2.02. The molecule has 2 rings (SSSR count). The smallest absolute Gasteiger partial charge is 0.0739 e. The number of nitrogen functional groups attached to an aromatic ring is 1. The average molecular weight is 227 g/mol. The van der Waals surface area contributed by atoms with Gasteiger partial charge in [0.2, 0.25) is 0 Å². The summed E-state index contributed by atoms with van der Waals surface area (Å²) in [6.07, 6.45) is 2.16. The summed E-state index contributed by atoms with van der Waals surface area (Å²) in [5.41, 5.74) is 7.32. The number of halogens is 1. The van der Waals surface area contributed by atoms with E-state index in [1.165, 1.54) is 0 Å². The highest BCUT2D eigenvalue weighted by atomic mass is 35.5. The monoisotopic (exact) mass is 226 g/mol. The van der Waals surface area contributed by atoms with Crippen molar-refractivity contribution >= 4 is 23.0 Å². The number of aliphatic hydroxyl groups excluding tert-OH is 1. The summed E-state index contributed by atoms with van der Waals surface area (Å²) in [7, 11) is 0. The fraction of sp³-hybridized carbons (Fsp3) is 0.455. The molecule has 0 saturated heterocycles. The van der Waals surface area contributed by atoms with Crippen LogP contribution in [-0.4, -0.2) is 18.3 Å². The maximum Gasteiger partial charge on any atom is 0.0739 e. The van der Waals surface area contributed by atoms with E-state index in [-0.39, 0.29) is 12.0 Å². The highest BCUT2D eigenvalue weighted by Gasteiger charge is 2.41. The Morgan fingerprint density at radius 3 is 2.80 bits per heavy atom. The summed E-state index contributed by atoms with van der Waals surface area (Å²) in [5, 5.41) is 13.0. The Labute approximate surface area is 94.2 Å². The molecule has 1 aromatic rings. The molecular weight excluding hydrogens is 212 g/mol. The highest BCUT2D eigenvalue weighted by Crippen LogP contribution is 2.45. The van der Waals surface area contributed by atoms with Crippen molar-refractivity contribution in [3.05, 3.63) is 23.2 Å².